The smallest absolute Gasteiger partial charge is 0.173 e. The van der Waals surface area contributed by atoms with Crippen molar-refractivity contribution in [2.45, 2.75) is 127 Å². The minimum absolute atomic E-state index is 0.0744. The summed E-state index contributed by atoms with van der Waals surface area (Å²) in [6.07, 6.45) is 30.9. The van der Waals surface area contributed by atoms with Crippen LogP contribution in [-0.4, -0.2) is 93.7 Å². The summed E-state index contributed by atoms with van der Waals surface area (Å²) in [6.45, 7) is 7.58. The maximum atomic E-state index is 13.1. The predicted molar refractivity (Wildman–Crippen MR) is 483 cm³/mol. The number of aryl methyl sites for hydroxylation is 1. The molecule has 4 aromatic heterocycles. The van der Waals surface area contributed by atoms with Gasteiger partial charge in [0.1, 0.15) is 30.3 Å². The second-order valence-electron chi connectivity index (χ2n) is 34.4. The van der Waals surface area contributed by atoms with Crippen molar-refractivity contribution in [1.82, 2.24) is 0 Å². The van der Waals surface area contributed by atoms with Crippen molar-refractivity contribution in [3.05, 3.63) is 288 Å². The van der Waals surface area contributed by atoms with Crippen LogP contribution in [0.15, 0.2) is 244 Å². The number of carbonyl (C=O) groups excluding carboxylic acids is 2. The topological polar surface area (TPSA) is 135 Å². The number of hydrogen-bond donors (Lipinski definition) is 0. The number of esters is 2. The summed E-state index contributed by atoms with van der Waals surface area (Å²) >= 11 is 0. The molecule has 138 heavy (non-hydrogen) atoms. The number of fused-ring (bicyclic) bond motifs is 2. The Kier molecular flexibility index (Phi) is 32.7. The maximum absolute atomic E-state index is 13.1. The summed E-state index contributed by atoms with van der Waals surface area (Å²) < 4.78 is 299. The molecule has 4 aliphatic carbocycles. The molecule has 4 saturated carbocycles. The number of benzene rings is 6. The van der Waals surface area contributed by atoms with Crippen LogP contribution < -0.4 is 32.6 Å². The third-order valence-electron chi connectivity index (χ3n) is 22.9. The number of rotatable bonds is 27. The standard InChI is InChI=1S/C57H71NO10S2.C36H32N4.4F6P/c1-62-57(50-12-3-5-14-52(50)58(53-15-6-4-13-51(53)57)26-9-28-67-54(59)16-7-2-11-49-25-35-69-70(49)61)46-19-23-48(24-20-46)66-34-32-64-30-29-63-31-33-65-47-21-17-42(18-22-47)10-8-27-68-55(60)56-39-43-36-44(40-56)38-45(37-43)41-56;1-2-30-4-3-29(1)25-37-17-9-33(10-18-37)35-13-21-39(22-14-35)27-31-5-7-32(8-6-31)28-40-23-15-36(16-24-40)34-11-19-38(26-30)20-12-34;4*1-7(2,3,4,5)6/h3-6,12-15,17-24,43-45,49H,2,7-11,16,25-41H2,1H3;1-24H,25-28H2;;;;/q;+4;4*-1. The van der Waals surface area contributed by atoms with Gasteiger partial charge in [0.2, 0.25) is 0 Å². The number of nitrogens with zero attached hydrogens (tertiary/aromatic N) is 5. The van der Waals surface area contributed by atoms with E-state index in [1.54, 1.807) is 17.9 Å². The van der Waals surface area contributed by atoms with E-state index in [1.165, 1.54) is 69.3 Å². The molecule has 1 saturated heterocycles. The fraction of sp³-hybridized carbons (Fsp3) is 0.376. The van der Waals surface area contributed by atoms with Gasteiger partial charge in [-0.3, -0.25) is 9.59 Å². The van der Waals surface area contributed by atoms with E-state index < -0.39 is 46.7 Å². The van der Waals surface area contributed by atoms with Gasteiger partial charge in [-0.1, -0.05) is 126 Å². The summed E-state index contributed by atoms with van der Waals surface area (Å²) in [5.74, 6) is 4.67. The molecule has 5 fully saturated rings. The van der Waals surface area contributed by atoms with Crippen molar-refractivity contribution in [3.63, 3.8) is 0 Å². The Morgan fingerprint density at radius 1 is 0.406 bits per heavy atom. The fourth-order valence-corrected chi connectivity index (χ4v) is 21.1. The van der Waals surface area contributed by atoms with Crippen molar-refractivity contribution in [2.24, 2.45) is 23.2 Å². The molecule has 0 radical (unpaired) electrons. The van der Waals surface area contributed by atoms with Crippen LogP contribution in [0.3, 0.4) is 0 Å². The van der Waals surface area contributed by atoms with E-state index >= 15 is 0 Å². The average Bonchev–Trinajstić information content (AvgIpc) is 0.749. The van der Waals surface area contributed by atoms with E-state index in [1.807, 2.05) is 48.5 Å². The van der Waals surface area contributed by atoms with Crippen molar-refractivity contribution >= 4 is 75.2 Å². The first-order chi connectivity index (χ1) is 63.9. The Hall–Kier alpha value is -9.32. The van der Waals surface area contributed by atoms with Gasteiger partial charge in [0.15, 0.2) is 75.8 Å². The van der Waals surface area contributed by atoms with Crippen molar-refractivity contribution in [3.8, 4) is 33.8 Å². The Labute approximate surface area is 786 Å². The second-order valence-corrected chi connectivity index (χ2v) is 45.6. The molecule has 2 unspecified atom stereocenters. The molecule has 0 N–H and O–H groups in total. The van der Waals surface area contributed by atoms with Crippen LogP contribution >= 0.6 is 42.0 Å². The zero-order chi connectivity index (χ0) is 101. The third kappa shape index (κ3) is 40.4. The van der Waals surface area contributed by atoms with Gasteiger partial charge in [-0.25, -0.2) is 22.5 Å². The number of carbonyl (C=O) groups is 2. The number of pyridine rings is 4. The summed E-state index contributed by atoms with van der Waals surface area (Å²) in [6, 6.07) is 68.5. The predicted octanol–water partition coefficient (Wildman–Crippen LogP) is 29.1. The SMILES string of the molecule is COC1(c2ccc(OCCOCCOCCOc3ccc(CCCOC(=O)C45CC6CC(CC(C6)C4)C5)cc3)cc2)c2ccccc2N(CCCOC(=O)CCCCC2CCSS2=O)c2ccccc21.F[P-](F)(F)(F)(F)F.F[P-](F)(F)(F)(F)F.F[P-](F)(F)(F)(F)F.F[P-](F)(F)(F)(F)F.c1cc2ccc1C[n+]1ccc(cc1)-c1cc[n+](cc1)Cc1ccc(cc1)C[n+]1ccc(cc1)-c1cc[n+](cc1)C2. The minimum Gasteiger partial charge on any atom is -0.201 e. The Morgan fingerprint density at radius 2 is 0.746 bits per heavy atom. The molecule has 10 aromatic rings. The first-order valence-corrected chi connectivity index (χ1v) is 54.6. The average molecular weight is 2090 g/mol. The van der Waals surface area contributed by atoms with E-state index in [0.717, 1.165) is 147 Å². The van der Waals surface area contributed by atoms with E-state index in [-0.39, 0.29) is 22.6 Å². The van der Waals surface area contributed by atoms with Gasteiger partial charge in [0.05, 0.1) is 54.9 Å². The molecule has 18 aliphatic heterocycles. The molecular formula is C93H103F24N5O10P4S2. The van der Waals surface area contributed by atoms with Crippen LogP contribution in [0.25, 0.3) is 22.3 Å². The molecule has 0 spiro atoms. The number of methoxy groups -OCH3 is 1. The summed E-state index contributed by atoms with van der Waals surface area (Å²) in [7, 11) is -40.1. The van der Waals surface area contributed by atoms with E-state index in [0.29, 0.717) is 72.2 Å². The molecule has 15 nitrogen and oxygen atoms in total. The molecular weight excluding hydrogens is 1990 g/mol. The first-order valence-electron chi connectivity index (χ1n) is 43.7. The van der Waals surface area contributed by atoms with Gasteiger partial charge in [-0.05, 0) is 165 Å². The molecule has 22 aliphatic rings. The number of aromatic nitrogens is 4. The van der Waals surface area contributed by atoms with Gasteiger partial charge in [-0.2, -0.15) is 0 Å². The van der Waals surface area contributed by atoms with Crippen LogP contribution in [0.5, 0.6) is 11.5 Å². The van der Waals surface area contributed by atoms with E-state index in [2.05, 4.69) is 218 Å². The van der Waals surface area contributed by atoms with Crippen LogP contribution in [0, 0.1) is 23.2 Å². The van der Waals surface area contributed by atoms with E-state index in [4.69, 9.17) is 33.2 Å². The molecule has 16 bridgehead atoms. The molecule has 45 heteroatoms. The molecule has 32 rings (SSSR count). The fourth-order valence-electron chi connectivity index (χ4n) is 17.6. The van der Waals surface area contributed by atoms with Crippen LogP contribution in [0.4, 0.5) is 112 Å². The summed E-state index contributed by atoms with van der Waals surface area (Å²) in [4.78, 5) is 28.0. The molecule has 6 aromatic carbocycles. The number of anilines is 2. The number of ether oxygens (including phenoxy) is 7. The molecule has 22 heterocycles. The van der Waals surface area contributed by atoms with E-state index in [9.17, 15) is 115 Å². The zero-order valence-electron chi connectivity index (χ0n) is 74.2. The van der Waals surface area contributed by atoms with Gasteiger partial charge in [0.25, 0.3) is 0 Å². The van der Waals surface area contributed by atoms with Crippen molar-refractivity contribution in [2.75, 3.05) is 77.2 Å². The monoisotopic (exact) mass is 2090 g/mol. The van der Waals surface area contributed by atoms with Crippen molar-refractivity contribution in [1.29, 1.82) is 0 Å². The Morgan fingerprint density at radius 3 is 1.09 bits per heavy atom. The molecule has 2 atom stereocenters. The summed E-state index contributed by atoms with van der Waals surface area (Å²) in [5.41, 5.74) is 15.4. The number of hydrogen-bond acceptors (Lipinski definition) is 12. The van der Waals surface area contributed by atoms with Gasteiger partial charge in [0, 0.05) is 124 Å². The Balaban J connectivity index is 0.000000222. The van der Waals surface area contributed by atoms with Gasteiger partial charge in [-0.15, -0.1) is 0 Å². The van der Waals surface area contributed by atoms with Gasteiger partial charge < -0.3 is 38.1 Å². The first kappa shape index (κ1) is 109. The second kappa shape index (κ2) is 41.3. The quantitative estimate of drug-likeness (QED) is 0.0121. The summed E-state index contributed by atoms with van der Waals surface area (Å²) in [5, 5.41) is 0.268. The number of unbranched alkanes of at least 4 members (excludes halogenated alkanes) is 1. The molecule has 0 amide bonds. The molecule has 760 valence electrons. The Bertz CT molecular complexity index is 5270. The number of halogens is 24. The van der Waals surface area contributed by atoms with Crippen LogP contribution in [0.1, 0.15) is 128 Å². The van der Waals surface area contributed by atoms with Gasteiger partial charge >= 0.3 is 144 Å². The maximum Gasteiger partial charge on any atom is 0.173 e. The van der Waals surface area contributed by atoms with Crippen LogP contribution in [0.2, 0.25) is 0 Å². The van der Waals surface area contributed by atoms with Crippen molar-refractivity contribution < 1.29 is 166 Å². The normalized spacial score (nSPS) is 20.4. The zero-order valence-corrected chi connectivity index (χ0v) is 79.4. The minimum atomic E-state index is -10.7. The third-order valence-corrected chi connectivity index (χ3v) is 26.6. The van der Waals surface area contributed by atoms with Crippen LogP contribution in [-0.2, 0) is 81.3 Å². The number of para-hydroxylation sites is 2. The largest absolute Gasteiger partial charge is 0.201 e.